The van der Waals surface area contributed by atoms with Gasteiger partial charge in [-0.3, -0.25) is 9.59 Å². The van der Waals surface area contributed by atoms with Gasteiger partial charge in [0.05, 0.1) is 27.9 Å². The molecule has 3 N–H and O–H groups in total. The number of esters is 2. The SMILES string of the molecule is CC(C)(C)O.CC(C)(C)OC(=O)c1cc(Br)c(C(=O)OC(C)(C)C)cc1Br.O=C(Cl)c1cc(Br)c(C(=O)Cl)cc1Br.O=C(O)c1cc(Br)c(C(=O)O)cc1Br. The van der Waals surface area contributed by atoms with E-state index in [2.05, 4.69) is 95.6 Å². The molecule has 0 aliphatic carbocycles. The van der Waals surface area contributed by atoms with E-state index >= 15 is 0 Å². The number of benzene rings is 3. The summed E-state index contributed by atoms with van der Waals surface area (Å²) in [5.41, 5.74) is -0.410. The summed E-state index contributed by atoms with van der Waals surface area (Å²) in [6.07, 6.45) is 0. The van der Waals surface area contributed by atoms with Gasteiger partial charge >= 0.3 is 23.9 Å². The van der Waals surface area contributed by atoms with Gasteiger partial charge in [0.2, 0.25) is 0 Å². The highest BCUT2D eigenvalue weighted by Crippen LogP contribution is 2.30. The number of carboxylic acid groups (broad SMARTS) is 2. The van der Waals surface area contributed by atoms with E-state index < -0.39 is 51.2 Å². The Morgan fingerprint density at radius 1 is 0.455 bits per heavy atom. The molecule has 19 heteroatoms. The van der Waals surface area contributed by atoms with Gasteiger partial charge in [0.1, 0.15) is 11.2 Å². The van der Waals surface area contributed by atoms with E-state index in [4.69, 9.17) is 48.0 Å². The van der Waals surface area contributed by atoms with E-state index in [0.717, 1.165) is 0 Å². The minimum atomic E-state index is -1.12. The summed E-state index contributed by atoms with van der Waals surface area (Å²) >= 11 is 29.4. The minimum Gasteiger partial charge on any atom is -0.478 e. The number of rotatable bonds is 6. The van der Waals surface area contributed by atoms with Crippen molar-refractivity contribution in [2.45, 2.75) is 79.1 Å². The first-order valence-corrected chi connectivity index (χ1v) is 20.7. The molecule has 0 fully saturated rings. The molecule has 55 heavy (non-hydrogen) atoms. The average Bonchev–Trinajstić information content (AvgIpc) is 2.97. The number of carboxylic acids is 2. The summed E-state index contributed by atoms with van der Waals surface area (Å²) in [7, 11) is 0. The van der Waals surface area contributed by atoms with Gasteiger partial charge in [-0.1, -0.05) is 0 Å². The van der Waals surface area contributed by atoms with E-state index in [1.54, 1.807) is 74.4 Å². The van der Waals surface area contributed by atoms with Crippen molar-refractivity contribution in [1.29, 1.82) is 0 Å². The lowest BCUT2D eigenvalue weighted by Crippen LogP contribution is -2.25. The highest BCUT2D eigenvalue weighted by atomic mass is 79.9. The van der Waals surface area contributed by atoms with Crippen LogP contribution in [0.4, 0.5) is 0 Å². The number of halogens is 8. The minimum absolute atomic E-state index is 0.0156. The standard InChI is InChI=1S/C16H20Br2O4.C8H2Br2Cl2O2.C8H4Br2O4.C4H10O/c1-15(2,3)21-13(19)9-7-12(18)10(8-11(9)17)14(20)22-16(4,5)6;9-5-1-3(7(11)13)6(10)2-4(5)8(12)14;9-5-1-3(7(11)12)6(10)2-4(5)8(13)14;1-4(2,3)5/h7-8H,1-6H3;1-2H;1-2H,(H,11,12)(H,13,14);5H,1-3H3. The van der Waals surface area contributed by atoms with Gasteiger partial charge in [0.25, 0.3) is 10.5 Å². The average molecular weight is 1200 g/mol. The third-order valence-corrected chi connectivity index (χ3v) is 9.64. The zero-order chi connectivity index (χ0) is 43.5. The second-order valence-electron chi connectivity index (χ2n) is 13.8. The molecule has 0 aromatic heterocycles. The molecule has 3 rings (SSSR count). The van der Waals surface area contributed by atoms with Crippen LogP contribution in [0.25, 0.3) is 0 Å². The van der Waals surface area contributed by atoms with Crippen molar-refractivity contribution in [2.24, 2.45) is 0 Å². The van der Waals surface area contributed by atoms with Crippen molar-refractivity contribution in [2.75, 3.05) is 0 Å². The number of aliphatic hydroxyl groups is 1. The zero-order valence-corrected chi connectivity index (χ0v) is 41.6. The Morgan fingerprint density at radius 3 is 0.836 bits per heavy atom. The Labute approximate surface area is 379 Å². The van der Waals surface area contributed by atoms with E-state index in [1.807, 2.05) is 0 Å². The molecule has 0 bridgehead atoms. The first-order valence-electron chi connectivity index (χ1n) is 15.2. The quantitative estimate of drug-likeness (QED) is 0.158. The lowest BCUT2D eigenvalue weighted by molar-refractivity contribution is 0.00501. The van der Waals surface area contributed by atoms with Gasteiger partial charge in [-0.25, -0.2) is 19.2 Å². The van der Waals surface area contributed by atoms with Crippen molar-refractivity contribution < 1.29 is 53.6 Å². The van der Waals surface area contributed by atoms with Crippen LogP contribution in [0.2, 0.25) is 0 Å². The largest absolute Gasteiger partial charge is 0.478 e. The van der Waals surface area contributed by atoms with E-state index in [1.165, 1.54) is 24.3 Å². The van der Waals surface area contributed by atoms with Crippen molar-refractivity contribution in [1.82, 2.24) is 0 Å². The molecule has 3 aromatic carbocycles. The number of hydrogen-bond acceptors (Lipinski definition) is 9. The van der Waals surface area contributed by atoms with Crippen LogP contribution >= 0.6 is 119 Å². The first-order chi connectivity index (χ1) is 24.7. The monoisotopic (exact) mass is 1190 g/mol. The molecule has 11 nitrogen and oxygen atoms in total. The Hall–Kier alpha value is -1.70. The molecule has 0 spiro atoms. The Kier molecular flexibility index (Phi) is 21.8. The molecule has 0 atom stereocenters. The maximum Gasteiger partial charge on any atom is 0.339 e. The summed E-state index contributed by atoms with van der Waals surface area (Å²) in [4.78, 5) is 67.4. The highest BCUT2D eigenvalue weighted by Gasteiger charge is 2.25. The molecule has 0 heterocycles. The smallest absolute Gasteiger partial charge is 0.339 e. The molecule has 3 aromatic rings. The Bertz CT molecular complexity index is 1730. The predicted molar refractivity (Wildman–Crippen MR) is 232 cm³/mol. The maximum absolute atomic E-state index is 12.2. The molecule has 0 radical (unpaired) electrons. The predicted octanol–water partition coefficient (Wildman–Crippen LogP) is 12.5. The lowest BCUT2D eigenvalue weighted by atomic mass is 10.1. The third-order valence-electron chi connectivity index (χ3n) is 5.29. The van der Waals surface area contributed by atoms with Crippen molar-refractivity contribution in [3.63, 3.8) is 0 Å². The van der Waals surface area contributed by atoms with Crippen LogP contribution in [0.3, 0.4) is 0 Å². The first kappa shape index (κ1) is 53.3. The molecule has 0 unspecified atom stereocenters. The van der Waals surface area contributed by atoms with Crippen LogP contribution in [-0.2, 0) is 9.47 Å². The molecule has 0 amide bonds. The fourth-order valence-electron chi connectivity index (χ4n) is 3.25. The highest BCUT2D eigenvalue weighted by molar-refractivity contribution is 9.11. The van der Waals surface area contributed by atoms with E-state index in [0.29, 0.717) is 29.0 Å². The number of carbonyl (C=O) groups excluding carboxylic acids is 4. The fourth-order valence-corrected chi connectivity index (χ4v) is 6.87. The van der Waals surface area contributed by atoms with Crippen LogP contribution in [0.15, 0.2) is 63.2 Å². The van der Waals surface area contributed by atoms with Crippen LogP contribution in [0.1, 0.15) is 124 Å². The van der Waals surface area contributed by atoms with Crippen LogP contribution in [0.5, 0.6) is 0 Å². The van der Waals surface area contributed by atoms with Crippen LogP contribution in [-0.4, -0.2) is 66.5 Å². The summed E-state index contributed by atoms with van der Waals surface area (Å²) in [5, 5.41) is 24.8. The molecular formula is C36H36Br6Cl2O11. The summed E-state index contributed by atoms with van der Waals surface area (Å²) in [6.45, 7) is 16.0. The molecule has 0 aliphatic rings. The molecular weight excluding hydrogens is 1160 g/mol. The van der Waals surface area contributed by atoms with Crippen molar-refractivity contribution in [3.8, 4) is 0 Å². The van der Waals surface area contributed by atoms with Gasteiger partial charge < -0.3 is 24.8 Å². The second-order valence-corrected chi connectivity index (χ2v) is 19.6. The zero-order valence-electron chi connectivity index (χ0n) is 30.6. The number of hydrogen-bond donors (Lipinski definition) is 3. The lowest BCUT2D eigenvalue weighted by Gasteiger charge is -2.21. The van der Waals surface area contributed by atoms with Crippen LogP contribution in [0, 0.1) is 0 Å². The molecule has 0 aliphatic heterocycles. The molecule has 302 valence electrons. The summed E-state index contributed by atoms with van der Waals surface area (Å²) in [6, 6.07) is 8.48. The summed E-state index contributed by atoms with van der Waals surface area (Å²) < 4.78 is 13.0. The van der Waals surface area contributed by atoms with Gasteiger partial charge in [-0.05, 0) is 217 Å². The third kappa shape index (κ3) is 20.5. The second kappa shape index (κ2) is 22.4. The number of ether oxygens (including phenoxy) is 2. The normalized spacial score (nSPS) is 10.9. The van der Waals surface area contributed by atoms with Gasteiger partial charge in [0.15, 0.2) is 0 Å². The molecule has 0 saturated carbocycles. The number of carbonyl (C=O) groups is 6. The van der Waals surface area contributed by atoms with E-state index in [-0.39, 0.29) is 31.2 Å². The van der Waals surface area contributed by atoms with Crippen molar-refractivity contribution in [3.05, 3.63) is 96.6 Å². The Balaban J connectivity index is 0.000000772. The maximum atomic E-state index is 12.2. The Morgan fingerprint density at radius 2 is 0.636 bits per heavy atom. The summed E-state index contributed by atoms with van der Waals surface area (Å²) in [5.74, 6) is -3.16. The van der Waals surface area contributed by atoms with Crippen LogP contribution < -0.4 is 0 Å². The van der Waals surface area contributed by atoms with E-state index in [9.17, 15) is 28.8 Å². The van der Waals surface area contributed by atoms with Crippen molar-refractivity contribution >= 4 is 153 Å². The van der Waals surface area contributed by atoms with Gasteiger partial charge in [-0.15, -0.1) is 0 Å². The fraction of sp³-hybridized carbons (Fsp3) is 0.333. The van der Waals surface area contributed by atoms with Gasteiger partial charge in [-0.2, -0.15) is 0 Å². The molecule has 0 saturated heterocycles. The topological polar surface area (TPSA) is 182 Å². The number of aromatic carboxylic acids is 2. The van der Waals surface area contributed by atoms with Gasteiger partial charge in [0, 0.05) is 38.0 Å².